The van der Waals surface area contributed by atoms with Gasteiger partial charge in [-0.3, -0.25) is 4.79 Å². The summed E-state index contributed by atoms with van der Waals surface area (Å²) < 4.78 is 19.3. The number of hydrogen-bond donors (Lipinski definition) is 1. The van der Waals surface area contributed by atoms with Gasteiger partial charge in [0.25, 0.3) is 0 Å². The van der Waals surface area contributed by atoms with Gasteiger partial charge in [0.2, 0.25) is 5.91 Å². The third kappa shape index (κ3) is 4.89. The van der Waals surface area contributed by atoms with E-state index < -0.39 is 17.7 Å². The molecule has 2 rings (SSSR count). The van der Waals surface area contributed by atoms with E-state index in [0.717, 1.165) is 0 Å². The third-order valence-electron chi connectivity index (χ3n) is 3.02. The lowest BCUT2D eigenvalue weighted by atomic mass is 10.2. The molecule has 0 heterocycles. The molecule has 0 spiro atoms. The van der Waals surface area contributed by atoms with E-state index in [1.165, 1.54) is 36.4 Å². The maximum atomic E-state index is 13.7. The number of halogens is 2. The molecule has 1 N–H and O–H groups in total. The molecule has 0 saturated heterocycles. The molecular formula is C17H12BrFN2O3. The third-order valence-corrected chi connectivity index (χ3v) is 3.51. The molecule has 0 unspecified atom stereocenters. The van der Waals surface area contributed by atoms with Crippen LogP contribution in [0.2, 0.25) is 0 Å². The highest BCUT2D eigenvalue weighted by Crippen LogP contribution is 2.17. The largest absolute Gasteiger partial charge is 0.457 e. The van der Waals surface area contributed by atoms with E-state index in [-0.39, 0.29) is 24.2 Å². The molecule has 0 aromatic heterocycles. The first-order valence-electron chi connectivity index (χ1n) is 6.87. The highest BCUT2D eigenvalue weighted by Gasteiger charge is 2.10. The number of carbonyl (C=O) groups is 2. The van der Waals surface area contributed by atoms with Crippen LogP contribution in [0.25, 0.3) is 0 Å². The number of benzene rings is 2. The number of nitriles is 1. The van der Waals surface area contributed by atoms with E-state index >= 15 is 0 Å². The number of rotatable bonds is 5. The van der Waals surface area contributed by atoms with Crippen LogP contribution in [0.3, 0.4) is 0 Å². The van der Waals surface area contributed by atoms with Gasteiger partial charge in [-0.05, 0) is 36.4 Å². The molecule has 0 fully saturated rings. The highest BCUT2D eigenvalue weighted by atomic mass is 79.9. The molecule has 1 amide bonds. The number of nitrogens with zero attached hydrogens (tertiary/aromatic N) is 1. The molecule has 0 bridgehead atoms. The van der Waals surface area contributed by atoms with E-state index in [2.05, 4.69) is 21.2 Å². The van der Waals surface area contributed by atoms with Crippen LogP contribution in [-0.4, -0.2) is 11.9 Å². The average molecular weight is 391 g/mol. The number of hydrogen-bond acceptors (Lipinski definition) is 4. The van der Waals surface area contributed by atoms with Gasteiger partial charge in [0.1, 0.15) is 18.8 Å². The van der Waals surface area contributed by atoms with Gasteiger partial charge in [-0.25, -0.2) is 9.18 Å². The Morgan fingerprint density at radius 1 is 1.21 bits per heavy atom. The van der Waals surface area contributed by atoms with Crippen LogP contribution in [0.4, 0.5) is 10.1 Å². The number of esters is 1. The van der Waals surface area contributed by atoms with Gasteiger partial charge in [0.15, 0.2) is 0 Å². The predicted molar refractivity (Wildman–Crippen MR) is 88.5 cm³/mol. The maximum Gasteiger partial charge on any atom is 0.338 e. The Balaban J connectivity index is 1.95. The van der Waals surface area contributed by atoms with Crippen molar-refractivity contribution in [1.82, 2.24) is 0 Å². The zero-order valence-electron chi connectivity index (χ0n) is 12.4. The van der Waals surface area contributed by atoms with Crippen molar-refractivity contribution in [2.24, 2.45) is 0 Å². The summed E-state index contributed by atoms with van der Waals surface area (Å²) in [7, 11) is 0. The zero-order chi connectivity index (χ0) is 17.5. The molecule has 122 valence electrons. The number of nitrogens with one attached hydrogen (secondary N) is 1. The van der Waals surface area contributed by atoms with Gasteiger partial charge in [0, 0.05) is 15.7 Å². The number of amides is 1. The van der Waals surface area contributed by atoms with Crippen molar-refractivity contribution in [3.8, 4) is 6.07 Å². The highest BCUT2D eigenvalue weighted by molar-refractivity contribution is 9.10. The van der Waals surface area contributed by atoms with Crippen molar-refractivity contribution >= 4 is 33.5 Å². The van der Waals surface area contributed by atoms with Crippen molar-refractivity contribution in [2.75, 3.05) is 5.32 Å². The molecule has 5 nitrogen and oxygen atoms in total. The molecule has 0 radical (unpaired) electrons. The maximum absolute atomic E-state index is 13.7. The summed E-state index contributed by atoms with van der Waals surface area (Å²) >= 11 is 3.15. The Labute approximate surface area is 146 Å². The lowest BCUT2D eigenvalue weighted by Crippen LogP contribution is -2.10. The first kappa shape index (κ1) is 17.6. The number of ether oxygens (including phenoxy) is 1. The van der Waals surface area contributed by atoms with Crippen molar-refractivity contribution in [3.05, 3.63) is 63.9 Å². The molecule has 24 heavy (non-hydrogen) atoms. The van der Waals surface area contributed by atoms with Gasteiger partial charge in [-0.2, -0.15) is 5.26 Å². The van der Waals surface area contributed by atoms with Gasteiger partial charge < -0.3 is 10.1 Å². The minimum absolute atomic E-state index is 0.182. The summed E-state index contributed by atoms with van der Waals surface area (Å²) in [6, 6.07) is 12.2. The second-order valence-electron chi connectivity index (χ2n) is 4.77. The summed E-state index contributed by atoms with van der Waals surface area (Å²) in [6.45, 7) is -0.182. The fourth-order valence-electron chi connectivity index (χ4n) is 1.83. The van der Waals surface area contributed by atoms with Crippen molar-refractivity contribution in [3.63, 3.8) is 0 Å². The zero-order valence-corrected chi connectivity index (χ0v) is 14.0. The predicted octanol–water partition coefficient (Wildman–Crippen LogP) is 3.80. The standard InChI is InChI=1S/C17H12BrFN2O3/c18-13-4-1-12(15(19)9-13)10-24-17(23)11-2-5-14(6-3-11)21-16(22)7-8-20/h1-6,9H,7,10H2,(H,21,22). The smallest absolute Gasteiger partial charge is 0.338 e. The molecule has 7 heteroatoms. The lowest BCUT2D eigenvalue weighted by Gasteiger charge is -2.07. The SMILES string of the molecule is N#CCC(=O)Nc1ccc(C(=O)OCc2ccc(Br)cc2F)cc1. The summed E-state index contributed by atoms with van der Waals surface area (Å²) in [5.41, 5.74) is 1.00. The summed E-state index contributed by atoms with van der Waals surface area (Å²) in [6.07, 6.45) is -0.247. The molecule has 0 atom stereocenters. The lowest BCUT2D eigenvalue weighted by molar-refractivity contribution is -0.115. The Bertz CT molecular complexity index is 800. The van der Waals surface area contributed by atoms with Crippen LogP contribution in [0.15, 0.2) is 46.9 Å². The van der Waals surface area contributed by atoms with Gasteiger partial charge in [-0.15, -0.1) is 0 Å². The minimum atomic E-state index is -0.604. The number of anilines is 1. The topological polar surface area (TPSA) is 79.2 Å². The van der Waals surface area contributed by atoms with Crippen molar-refractivity contribution in [2.45, 2.75) is 13.0 Å². The second-order valence-corrected chi connectivity index (χ2v) is 5.69. The minimum Gasteiger partial charge on any atom is -0.457 e. The van der Waals surface area contributed by atoms with Gasteiger partial charge in [-0.1, -0.05) is 22.0 Å². The van der Waals surface area contributed by atoms with Crippen LogP contribution in [-0.2, 0) is 16.1 Å². The van der Waals surface area contributed by atoms with Crippen LogP contribution in [0.1, 0.15) is 22.3 Å². The molecule has 2 aromatic carbocycles. The van der Waals surface area contributed by atoms with E-state index in [0.29, 0.717) is 10.2 Å². The summed E-state index contributed by atoms with van der Waals surface area (Å²) in [4.78, 5) is 23.2. The van der Waals surface area contributed by atoms with Gasteiger partial charge in [0.05, 0.1) is 11.6 Å². The van der Waals surface area contributed by atoms with Crippen molar-refractivity contribution in [1.29, 1.82) is 5.26 Å². The van der Waals surface area contributed by atoms with E-state index in [9.17, 15) is 14.0 Å². The van der Waals surface area contributed by atoms with E-state index in [4.69, 9.17) is 10.00 Å². The summed E-state index contributed by atoms with van der Waals surface area (Å²) in [5.74, 6) is -1.50. The average Bonchev–Trinajstić information content (AvgIpc) is 2.54. The Morgan fingerprint density at radius 3 is 2.54 bits per heavy atom. The quantitative estimate of drug-likeness (QED) is 0.787. The molecule has 0 aliphatic carbocycles. The molecule has 2 aromatic rings. The monoisotopic (exact) mass is 390 g/mol. The Morgan fingerprint density at radius 2 is 1.92 bits per heavy atom. The van der Waals surface area contributed by atoms with Crippen LogP contribution in [0, 0.1) is 17.1 Å². The van der Waals surface area contributed by atoms with Crippen LogP contribution in [0.5, 0.6) is 0 Å². The first-order valence-corrected chi connectivity index (χ1v) is 7.67. The molecule has 0 saturated carbocycles. The molecule has 0 aliphatic rings. The fourth-order valence-corrected chi connectivity index (χ4v) is 2.17. The molecular weight excluding hydrogens is 379 g/mol. The van der Waals surface area contributed by atoms with E-state index in [1.54, 1.807) is 12.1 Å². The van der Waals surface area contributed by atoms with Crippen LogP contribution < -0.4 is 5.32 Å². The number of carbonyl (C=O) groups excluding carboxylic acids is 2. The van der Waals surface area contributed by atoms with E-state index in [1.807, 2.05) is 0 Å². The molecule has 0 aliphatic heterocycles. The van der Waals surface area contributed by atoms with Crippen LogP contribution >= 0.6 is 15.9 Å². The Hall–Kier alpha value is -2.72. The Kier molecular flexibility index (Phi) is 6.04. The van der Waals surface area contributed by atoms with Gasteiger partial charge >= 0.3 is 5.97 Å². The van der Waals surface area contributed by atoms with Crippen molar-refractivity contribution < 1.29 is 18.7 Å². The second kappa shape index (κ2) is 8.22. The first-order chi connectivity index (χ1) is 11.5. The fraction of sp³-hybridized carbons (Fsp3) is 0.118. The normalized spacial score (nSPS) is 9.88. The summed E-state index contributed by atoms with van der Waals surface area (Å²) in [5, 5.41) is 10.9.